The molecule has 1 atom stereocenters. The van der Waals surface area contributed by atoms with Crippen molar-refractivity contribution in [1.29, 1.82) is 0 Å². The fraction of sp³-hybridized carbons (Fsp3) is 0.440. The van der Waals surface area contributed by atoms with Gasteiger partial charge in [-0.3, -0.25) is 0 Å². The highest BCUT2D eigenvalue weighted by atomic mass is 19.4. The summed E-state index contributed by atoms with van der Waals surface area (Å²) in [5, 5.41) is 1.14. The van der Waals surface area contributed by atoms with Crippen molar-refractivity contribution in [3.05, 3.63) is 53.2 Å². The molecule has 1 aliphatic rings. The second kappa shape index (κ2) is 8.23. The molecular formula is C25H28F3NO2. The van der Waals surface area contributed by atoms with Crippen LogP contribution in [0.3, 0.4) is 0 Å². The van der Waals surface area contributed by atoms with Crippen molar-refractivity contribution in [3.63, 3.8) is 0 Å². The first-order valence-electron chi connectivity index (χ1n) is 11.0. The molecular weight excluding hydrogens is 403 g/mol. The lowest BCUT2D eigenvalue weighted by molar-refractivity contribution is -0.274. The molecule has 166 valence electrons. The van der Waals surface area contributed by atoms with Gasteiger partial charge in [0.2, 0.25) is 0 Å². The second-order valence-corrected chi connectivity index (χ2v) is 8.16. The van der Waals surface area contributed by atoms with Gasteiger partial charge >= 0.3 is 6.36 Å². The molecule has 3 nitrogen and oxygen atoms in total. The average molecular weight is 431 g/mol. The second-order valence-electron chi connectivity index (χ2n) is 8.16. The number of rotatable bonds is 6. The molecule has 2 heterocycles. The van der Waals surface area contributed by atoms with Gasteiger partial charge in [0, 0.05) is 10.9 Å². The quantitative estimate of drug-likeness (QED) is 0.445. The van der Waals surface area contributed by atoms with E-state index in [1.807, 2.05) is 6.07 Å². The number of fused-ring (bicyclic) bond motifs is 3. The van der Waals surface area contributed by atoms with Crippen molar-refractivity contribution in [2.75, 3.05) is 6.61 Å². The molecule has 0 amide bonds. The summed E-state index contributed by atoms with van der Waals surface area (Å²) >= 11 is 0. The predicted octanol–water partition coefficient (Wildman–Crippen LogP) is 7.27. The normalized spacial score (nSPS) is 18.9. The van der Waals surface area contributed by atoms with Crippen LogP contribution in [0.2, 0.25) is 0 Å². The molecule has 1 aliphatic heterocycles. The maximum Gasteiger partial charge on any atom is 0.573 e. The Morgan fingerprint density at radius 3 is 2.58 bits per heavy atom. The van der Waals surface area contributed by atoms with Gasteiger partial charge in [-0.25, -0.2) is 0 Å². The molecule has 0 fully saturated rings. The number of ether oxygens (including phenoxy) is 2. The molecule has 0 bridgehead atoms. The number of alkyl halides is 3. The fourth-order valence-corrected chi connectivity index (χ4v) is 4.87. The first-order chi connectivity index (χ1) is 14.8. The zero-order chi connectivity index (χ0) is 22.2. The Kier molecular flexibility index (Phi) is 5.77. The Bertz CT molecular complexity index is 1090. The number of hydrogen-bond acceptors (Lipinski definition) is 2. The predicted molar refractivity (Wildman–Crippen MR) is 116 cm³/mol. The third-order valence-electron chi connectivity index (χ3n) is 6.29. The summed E-state index contributed by atoms with van der Waals surface area (Å²) in [6.07, 6.45) is -0.193. The molecule has 1 N–H and O–H groups in total. The van der Waals surface area contributed by atoms with E-state index in [1.165, 1.54) is 23.4 Å². The number of hydrogen-bond donors (Lipinski definition) is 1. The smallest absolute Gasteiger partial charge is 0.406 e. The van der Waals surface area contributed by atoms with Crippen LogP contribution >= 0.6 is 0 Å². The van der Waals surface area contributed by atoms with Crippen molar-refractivity contribution >= 4 is 10.9 Å². The van der Waals surface area contributed by atoms with Crippen LogP contribution in [0.25, 0.3) is 22.0 Å². The summed E-state index contributed by atoms with van der Waals surface area (Å²) in [4.78, 5) is 3.68. The van der Waals surface area contributed by atoms with Crippen molar-refractivity contribution < 1.29 is 22.6 Å². The fourth-order valence-electron chi connectivity index (χ4n) is 4.87. The van der Waals surface area contributed by atoms with E-state index >= 15 is 0 Å². The van der Waals surface area contributed by atoms with Gasteiger partial charge in [0.25, 0.3) is 0 Å². The van der Waals surface area contributed by atoms with Gasteiger partial charge < -0.3 is 14.5 Å². The summed E-state index contributed by atoms with van der Waals surface area (Å²) in [5.74, 6) is -0.208. The number of aryl methyl sites for hydroxylation is 1. The van der Waals surface area contributed by atoms with Crippen LogP contribution in [0.4, 0.5) is 13.2 Å². The summed E-state index contributed by atoms with van der Waals surface area (Å²) in [7, 11) is 0. The molecule has 3 aromatic rings. The molecule has 6 heteroatoms. The summed E-state index contributed by atoms with van der Waals surface area (Å²) < 4.78 is 48.5. The van der Waals surface area contributed by atoms with Crippen molar-refractivity contribution in [3.8, 4) is 16.9 Å². The van der Waals surface area contributed by atoms with E-state index in [4.69, 9.17) is 4.74 Å². The van der Waals surface area contributed by atoms with E-state index in [1.54, 1.807) is 6.07 Å². The zero-order valence-corrected chi connectivity index (χ0v) is 18.2. The number of aromatic nitrogens is 1. The number of benzene rings is 2. The van der Waals surface area contributed by atoms with Gasteiger partial charge in [-0.2, -0.15) is 0 Å². The summed E-state index contributed by atoms with van der Waals surface area (Å²) in [6, 6.07) is 10.3. The first-order valence-corrected chi connectivity index (χ1v) is 11.0. The van der Waals surface area contributed by atoms with Crippen LogP contribution in [-0.2, 0) is 23.2 Å². The van der Waals surface area contributed by atoms with Gasteiger partial charge in [-0.1, -0.05) is 39.3 Å². The molecule has 2 aromatic carbocycles. The Balaban J connectivity index is 1.86. The van der Waals surface area contributed by atoms with Gasteiger partial charge in [-0.05, 0) is 72.2 Å². The lowest BCUT2D eigenvalue weighted by Crippen LogP contribution is -2.35. The number of halogens is 3. The highest BCUT2D eigenvalue weighted by molar-refractivity contribution is 5.92. The number of nitrogens with one attached hydrogen (secondary N) is 1. The highest BCUT2D eigenvalue weighted by Crippen LogP contribution is 2.44. The highest BCUT2D eigenvalue weighted by Gasteiger charge is 2.38. The monoisotopic (exact) mass is 431 g/mol. The van der Waals surface area contributed by atoms with E-state index < -0.39 is 6.36 Å². The molecule has 1 aromatic heterocycles. The van der Waals surface area contributed by atoms with Crippen LogP contribution in [0.15, 0.2) is 36.4 Å². The first kappa shape index (κ1) is 21.8. The van der Waals surface area contributed by atoms with Gasteiger partial charge in [0.1, 0.15) is 11.4 Å². The van der Waals surface area contributed by atoms with E-state index in [0.29, 0.717) is 12.2 Å². The van der Waals surface area contributed by atoms with Crippen molar-refractivity contribution in [2.24, 2.45) is 0 Å². The summed E-state index contributed by atoms with van der Waals surface area (Å²) in [6.45, 7) is 7.10. The molecule has 31 heavy (non-hydrogen) atoms. The largest absolute Gasteiger partial charge is 0.573 e. The maximum absolute atomic E-state index is 12.7. The zero-order valence-electron chi connectivity index (χ0n) is 18.2. The average Bonchev–Trinajstić information content (AvgIpc) is 3.12. The number of aromatic amines is 1. The summed E-state index contributed by atoms with van der Waals surface area (Å²) in [5.41, 5.74) is 5.99. The van der Waals surface area contributed by atoms with Crippen LogP contribution in [-0.4, -0.2) is 18.0 Å². The standard InChI is InChI=1S/C25H28F3NO2/c1-4-11-24(6-3)23-20(10-12-30-24)21-15-18(13-16(5-2)22(21)29-23)17-8-7-9-19(14-17)31-25(26,27)28/h7-9,13-15,29H,4-6,10-12H2,1-3H3. The minimum Gasteiger partial charge on any atom is -0.406 e. The Labute approximate surface area is 180 Å². The Morgan fingerprint density at radius 1 is 1.10 bits per heavy atom. The molecule has 0 radical (unpaired) electrons. The Morgan fingerprint density at radius 2 is 1.90 bits per heavy atom. The topological polar surface area (TPSA) is 34.2 Å². The van der Waals surface area contributed by atoms with Crippen LogP contribution in [0.5, 0.6) is 5.75 Å². The van der Waals surface area contributed by atoms with Crippen LogP contribution < -0.4 is 4.74 Å². The minimum absolute atomic E-state index is 0.208. The molecule has 1 unspecified atom stereocenters. The van der Waals surface area contributed by atoms with Crippen LogP contribution in [0.1, 0.15) is 56.9 Å². The van der Waals surface area contributed by atoms with E-state index in [-0.39, 0.29) is 11.4 Å². The van der Waals surface area contributed by atoms with Gasteiger partial charge in [-0.15, -0.1) is 13.2 Å². The van der Waals surface area contributed by atoms with Gasteiger partial charge in [0.05, 0.1) is 12.3 Å². The van der Waals surface area contributed by atoms with Gasteiger partial charge in [0.15, 0.2) is 0 Å². The third kappa shape index (κ3) is 4.05. The van der Waals surface area contributed by atoms with E-state index in [2.05, 4.69) is 42.6 Å². The molecule has 0 saturated carbocycles. The van der Waals surface area contributed by atoms with E-state index in [9.17, 15) is 13.2 Å². The molecule has 0 spiro atoms. The Hall–Kier alpha value is -2.47. The number of H-pyrrole nitrogens is 1. The van der Waals surface area contributed by atoms with Crippen molar-refractivity contribution in [1.82, 2.24) is 4.98 Å². The van der Waals surface area contributed by atoms with E-state index in [0.717, 1.165) is 54.1 Å². The maximum atomic E-state index is 12.7. The van der Waals surface area contributed by atoms with Crippen LogP contribution in [0, 0.1) is 0 Å². The SMILES string of the molecule is CCCC1(CC)OCCc2c1[nH]c1c(CC)cc(-c3cccc(OC(F)(F)F)c3)cc21. The molecule has 4 rings (SSSR count). The molecule has 0 saturated heterocycles. The van der Waals surface area contributed by atoms with Crippen molar-refractivity contribution in [2.45, 2.75) is 64.8 Å². The molecule has 0 aliphatic carbocycles. The lowest BCUT2D eigenvalue weighted by Gasteiger charge is -2.36. The third-order valence-corrected chi connectivity index (χ3v) is 6.29. The lowest BCUT2D eigenvalue weighted by atomic mass is 9.85. The minimum atomic E-state index is -4.71.